The summed E-state index contributed by atoms with van der Waals surface area (Å²) in [4.78, 5) is 13.8. The van der Waals surface area contributed by atoms with Crippen molar-refractivity contribution in [2.24, 2.45) is 9.98 Å². The highest BCUT2D eigenvalue weighted by Gasteiger charge is 2.41. The van der Waals surface area contributed by atoms with Crippen LogP contribution in [0.5, 0.6) is 5.75 Å². The Morgan fingerprint density at radius 2 is 1.66 bits per heavy atom. The molecule has 0 amide bonds. The summed E-state index contributed by atoms with van der Waals surface area (Å²) in [7, 11) is 1.67. The molecule has 3 aromatic carbocycles. The number of fused-ring (bicyclic) bond motifs is 4. The van der Waals surface area contributed by atoms with Gasteiger partial charge in [-0.15, -0.1) is 11.3 Å². The summed E-state index contributed by atoms with van der Waals surface area (Å²) in [5.74, 6) is 2.93. The molecular formula is C30H24N6OS. The first-order valence-corrected chi connectivity index (χ1v) is 13.3. The second-order valence-corrected chi connectivity index (χ2v) is 10.0. The molecule has 1 unspecified atom stereocenters. The number of thiophene rings is 1. The molecule has 1 atom stereocenters. The zero-order valence-corrected chi connectivity index (χ0v) is 21.7. The Balaban J connectivity index is 1.49. The lowest BCUT2D eigenvalue weighted by molar-refractivity contribution is 0.417. The van der Waals surface area contributed by atoms with Gasteiger partial charge in [0.2, 0.25) is 0 Å². The molecule has 186 valence electrons. The van der Waals surface area contributed by atoms with Gasteiger partial charge in [0.15, 0.2) is 17.5 Å². The molecule has 0 saturated carbocycles. The smallest absolute Gasteiger partial charge is 0.179 e. The third kappa shape index (κ3) is 3.53. The third-order valence-electron chi connectivity index (χ3n) is 6.81. The van der Waals surface area contributed by atoms with Crippen LogP contribution in [-0.2, 0) is 0 Å². The molecule has 1 N–H and O–H groups in total. The van der Waals surface area contributed by atoms with Crippen LogP contribution in [0.15, 0.2) is 106 Å². The molecule has 7 rings (SSSR count). The fraction of sp³-hybridized carbons (Fsp3) is 0.100. The highest BCUT2D eigenvalue weighted by molar-refractivity contribution is 7.10. The van der Waals surface area contributed by atoms with Gasteiger partial charge in [-0.05, 0) is 54.8 Å². The van der Waals surface area contributed by atoms with Crippen LogP contribution in [0, 0.1) is 6.92 Å². The molecule has 0 bridgehead atoms. The number of methoxy groups -OCH3 is 1. The van der Waals surface area contributed by atoms with Crippen LogP contribution in [0.25, 0.3) is 5.69 Å². The molecule has 0 aliphatic carbocycles. The molecule has 2 aliphatic rings. The Morgan fingerprint density at radius 1 is 0.868 bits per heavy atom. The quantitative estimate of drug-likeness (QED) is 0.278. The number of benzene rings is 3. The predicted molar refractivity (Wildman–Crippen MR) is 154 cm³/mol. The lowest BCUT2D eigenvalue weighted by Gasteiger charge is -2.40. The van der Waals surface area contributed by atoms with Crippen molar-refractivity contribution in [3.05, 3.63) is 113 Å². The van der Waals surface area contributed by atoms with Crippen molar-refractivity contribution in [2.45, 2.75) is 13.0 Å². The number of rotatable bonds is 4. The number of hydrogen-bond acceptors (Lipinski definition) is 7. The number of hydrogen-bond donors (Lipinski definition) is 1. The number of aliphatic imine (C=N–C) groups is 2. The Labute approximate surface area is 224 Å². The zero-order chi connectivity index (χ0) is 25.6. The molecule has 5 aromatic rings. The first-order valence-electron chi connectivity index (χ1n) is 12.4. The third-order valence-corrected chi connectivity index (χ3v) is 7.74. The van der Waals surface area contributed by atoms with Gasteiger partial charge in [-0.25, -0.2) is 14.7 Å². The predicted octanol–water partition coefficient (Wildman–Crippen LogP) is 7.05. The second kappa shape index (κ2) is 9.00. The van der Waals surface area contributed by atoms with Crippen LogP contribution in [0.4, 0.5) is 22.9 Å². The average molecular weight is 517 g/mol. The fourth-order valence-corrected chi connectivity index (χ4v) is 5.96. The zero-order valence-electron chi connectivity index (χ0n) is 20.9. The molecule has 0 saturated heterocycles. The molecule has 38 heavy (non-hydrogen) atoms. The number of amidine groups is 2. The Hall–Kier alpha value is -4.69. The fourth-order valence-electron chi connectivity index (χ4n) is 5.14. The van der Waals surface area contributed by atoms with E-state index in [0.29, 0.717) is 5.84 Å². The minimum atomic E-state index is -0.110. The Kier molecular flexibility index (Phi) is 5.33. The summed E-state index contributed by atoms with van der Waals surface area (Å²) in [6.45, 7) is 2.07. The van der Waals surface area contributed by atoms with Crippen molar-refractivity contribution < 1.29 is 4.74 Å². The van der Waals surface area contributed by atoms with Gasteiger partial charge in [0.1, 0.15) is 11.8 Å². The van der Waals surface area contributed by atoms with Crippen molar-refractivity contribution in [1.82, 2.24) is 9.78 Å². The second-order valence-electron chi connectivity index (χ2n) is 9.07. The first-order chi connectivity index (χ1) is 18.7. The van der Waals surface area contributed by atoms with Crippen LogP contribution in [0.1, 0.15) is 22.2 Å². The number of ether oxygens (including phenoxy) is 1. The maximum atomic E-state index is 5.63. The largest absolute Gasteiger partial charge is 0.495 e. The molecule has 8 heteroatoms. The van der Waals surface area contributed by atoms with E-state index in [9.17, 15) is 0 Å². The average Bonchev–Trinajstić information content (AvgIpc) is 3.61. The molecule has 0 spiro atoms. The van der Waals surface area contributed by atoms with Crippen molar-refractivity contribution >= 4 is 45.9 Å². The van der Waals surface area contributed by atoms with E-state index in [1.54, 1.807) is 18.4 Å². The van der Waals surface area contributed by atoms with E-state index in [2.05, 4.69) is 52.9 Å². The molecule has 2 aromatic heterocycles. The molecule has 7 nitrogen and oxygen atoms in total. The first kappa shape index (κ1) is 22.5. The minimum absolute atomic E-state index is 0.110. The highest BCUT2D eigenvalue weighted by Crippen LogP contribution is 2.49. The summed E-state index contributed by atoms with van der Waals surface area (Å²) in [5, 5.41) is 10.6. The standard InChI is InChI=1S/C30H24N6OS/c1-19-26-27(25-17-10-18-38-25)35-23-15-8-6-13-21(23)31-28(32-22-14-7-9-16-24(22)37-2)30(35)33-29(26)36(34-19)20-11-4-3-5-12-20/h3-18,27H,1-2H3,(H,31,32). The number of para-hydroxylation sites is 5. The molecule has 0 radical (unpaired) electrons. The van der Waals surface area contributed by atoms with Gasteiger partial charge in [0.25, 0.3) is 0 Å². The van der Waals surface area contributed by atoms with Gasteiger partial charge in [-0.2, -0.15) is 5.10 Å². The monoisotopic (exact) mass is 516 g/mol. The van der Waals surface area contributed by atoms with Crippen LogP contribution in [0.2, 0.25) is 0 Å². The van der Waals surface area contributed by atoms with Gasteiger partial charge < -0.3 is 15.0 Å². The summed E-state index contributed by atoms with van der Waals surface area (Å²) >= 11 is 1.73. The number of anilines is 2. The van der Waals surface area contributed by atoms with Crippen molar-refractivity contribution in [1.29, 1.82) is 0 Å². The van der Waals surface area contributed by atoms with Gasteiger partial charge in [0.05, 0.1) is 35.6 Å². The molecule has 2 aliphatic heterocycles. The van der Waals surface area contributed by atoms with E-state index in [4.69, 9.17) is 19.8 Å². The van der Waals surface area contributed by atoms with Gasteiger partial charge in [-0.1, -0.05) is 48.5 Å². The van der Waals surface area contributed by atoms with Crippen LogP contribution < -0.4 is 15.0 Å². The van der Waals surface area contributed by atoms with E-state index < -0.39 is 0 Å². The van der Waals surface area contributed by atoms with Crippen molar-refractivity contribution in [3.8, 4) is 11.4 Å². The van der Waals surface area contributed by atoms with Crippen LogP contribution >= 0.6 is 11.3 Å². The summed E-state index contributed by atoms with van der Waals surface area (Å²) in [6.07, 6.45) is 0. The lowest BCUT2D eigenvalue weighted by Crippen LogP contribution is -2.46. The van der Waals surface area contributed by atoms with E-state index in [1.165, 1.54) is 4.88 Å². The normalized spacial score (nSPS) is 15.6. The molecule has 0 fully saturated rings. The number of nitrogens with one attached hydrogen (secondary N) is 1. The van der Waals surface area contributed by atoms with E-state index in [1.807, 2.05) is 65.3 Å². The lowest BCUT2D eigenvalue weighted by atomic mass is 9.98. The van der Waals surface area contributed by atoms with Crippen molar-refractivity contribution in [2.75, 3.05) is 17.3 Å². The Morgan fingerprint density at radius 3 is 2.47 bits per heavy atom. The summed E-state index contributed by atoms with van der Waals surface area (Å²) in [5.41, 5.74) is 5.71. The van der Waals surface area contributed by atoms with Crippen LogP contribution in [0.3, 0.4) is 0 Å². The number of nitrogens with zero attached hydrogens (tertiary/aromatic N) is 5. The number of aromatic nitrogens is 2. The van der Waals surface area contributed by atoms with Gasteiger partial charge >= 0.3 is 0 Å². The van der Waals surface area contributed by atoms with Crippen LogP contribution in [-0.4, -0.2) is 28.6 Å². The Bertz CT molecular complexity index is 1700. The summed E-state index contributed by atoms with van der Waals surface area (Å²) in [6, 6.07) is 30.4. The minimum Gasteiger partial charge on any atom is -0.495 e. The van der Waals surface area contributed by atoms with E-state index in [-0.39, 0.29) is 6.04 Å². The SMILES string of the molecule is COc1ccccc1NC1=Nc2ccccc2N2C1=Nc1c(c(C)nn1-c1ccccc1)C2c1cccs1. The molecular weight excluding hydrogens is 492 g/mol. The topological polar surface area (TPSA) is 67.0 Å². The summed E-state index contributed by atoms with van der Waals surface area (Å²) < 4.78 is 7.57. The van der Waals surface area contributed by atoms with Crippen molar-refractivity contribution in [3.63, 3.8) is 0 Å². The van der Waals surface area contributed by atoms with Gasteiger partial charge in [0, 0.05) is 10.4 Å². The molecule has 4 heterocycles. The number of aryl methyl sites for hydroxylation is 1. The highest BCUT2D eigenvalue weighted by atomic mass is 32.1. The maximum absolute atomic E-state index is 5.63. The van der Waals surface area contributed by atoms with E-state index in [0.717, 1.165) is 51.4 Å². The maximum Gasteiger partial charge on any atom is 0.179 e. The van der Waals surface area contributed by atoms with E-state index >= 15 is 0 Å². The van der Waals surface area contributed by atoms with Gasteiger partial charge in [-0.3, -0.25) is 0 Å².